The topological polar surface area (TPSA) is 38.9 Å². The predicted molar refractivity (Wildman–Crippen MR) is 78.7 cm³/mol. The molecular formula is C12H13BrN2S2. The summed E-state index contributed by atoms with van der Waals surface area (Å²) in [4.78, 5) is 6.55. The Morgan fingerprint density at radius 3 is 2.94 bits per heavy atom. The van der Waals surface area contributed by atoms with Gasteiger partial charge in [0.1, 0.15) is 0 Å². The van der Waals surface area contributed by atoms with E-state index in [1.54, 1.807) is 23.1 Å². The lowest BCUT2D eigenvalue weighted by Gasteiger charge is -2.10. The smallest absolute Gasteiger partial charge is 0.0794 e. The van der Waals surface area contributed by atoms with Crippen LogP contribution in [0.1, 0.15) is 4.88 Å². The van der Waals surface area contributed by atoms with Gasteiger partial charge in [0.15, 0.2) is 0 Å². The molecule has 0 amide bonds. The summed E-state index contributed by atoms with van der Waals surface area (Å²) in [5, 5.41) is 0. The van der Waals surface area contributed by atoms with Crippen LogP contribution in [0, 0.1) is 0 Å². The number of rotatable bonds is 5. The summed E-state index contributed by atoms with van der Waals surface area (Å²) in [6.07, 6.45) is 2.80. The SMILES string of the molecule is NC(CSc1ccccc1Br)Cc1cncs1. The summed E-state index contributed by atoms with van der Waals surface area (Å²) in [6.45, 7) is 0. The van der Waals surface area contributed by atoms with E-state index >= 15 is 0 Å². The second kappa shape index (κ2) is 6.54. The van der Waals surface area contributed by atoms with E-state index in [2.05, 4.69) is 33.0 Å². The highest BCUT2D eigenvalue weighted by Crippen LogP contribution is 2.27. The Bertz CT molecular complexity index is 459. The standard InChI is InChI=1S/C12H13BrN2S2/c13-11-3-1-2-4-12(11)16-7-9(14)5-10-6-15-8-17-10/h1-4,6,8-9H,5,7,14H2. The van der Waals surface area contributed by atoms with E-state index in [-0.39, 0.29) is 6.04 Å². The first-order valence-electron chi connectivity index (χ1n) is 5.26. The van der Waals surface area contributed by atoms with Crippen LogP contribution in [0.25, 0.3) is 0 Å². The fourth-order valence-corrected chi connectivity index (χ4v) is 3.63. The number of hydrogen-bond donors (Lipinski definition) is 1. The zero-order valence-corrected chi connectivity index (χ0v) is 12.4. The van der Waals surface area contributed by atoms with E-state index in [1.807, 2.05) is 23.8 Å². The Morgan fingerprint density at radius 1 is 1.41 bits per heavy atom. The molecule has 2 aromatic rings. The largest absolute Gasteiger partial charge is 0.327 e. The molecule has 1 aromatic heterocycles. The molecule has 0 saturated heterocycles. The van der Waals surface area contributed by atoms with Crippen molar-refractivity contribution in [1.29, 1.82) is 0 Å². The van der Waals surface area contributed by atoms with Gasteiger partial charge in [-0.3, -0.25) is 4.98 Å². The molecule has 0 aliphatic carbocycles. The molecule has 17 heavy (non-hydrogen) atoms. The van der Waals surface area contributed by atoms with Gasteiger partial charge in [-0.25, -0.2) is 0 Å². The van der Waals surface area contributed by atoms with Crippen LogP contribution < -0.4 is 5.73 Å². The zero-order chi connectivity index (χ0) is 12.1. The van der Waals surface area contributed by atoms with E-state index in [9.17, 15) is 0 Å². The van der Waals surface area contributed by atoms with Crippen LogP contribution in [-0.2, 0) is 6.42 Å². The van der Waals surface area contributed by atoms with Crippen LogP contribution in [-0.4, -0.2) is 16.8 Å². The molecule has 5 heteroatoms. The summed E-state index contributed by atoms with van der Waals surface area (Å²) in [5.74, 6) is 0.917. The Balaban J connectivity index is 1.84. The normalized spacial score (nSPS) is 12.6. The third-order valence-electron chi connectivity index (χ3n) is 2.24. The maximum atomic E-state index is 6.11. The quantitative estimate of drug-likeness (QED) is 0.853. The van der Waals surface area contributed by atoms with E-state index in [0.29, 0.717) is 0 Å². The maximum absolute atomic E-state index is 6.11. The van der Waals surface area contributed by atoms with Gasteiger partial charge in [-0.1, -0.05) is 12.1 Å². The van der Waals surface area contributed by atoms with Crippen molar-refractivity contribution in [3.8, 4) is 0 Å². The average molecular weight is 329 g/mol. The summed E-state index contributed by atoms with van der Waals surface area (Å²) >= 11 is 6.99. The molecule has 0 bridgehead atoms. The molecule has 0 aliphatic heterocycles. The number of aromatic nitrogens is 1. The highest BCUT2D eigenvalue weighted by atomic mass is 79.9. The van der Waals surface area contributed by atoms with Crippen LogP contribution >= 0.6 is 39.0 Å². The molecule has 0 radical (unpaired) electrons. The van der Waals surface area contributed by atoms with Gasteiger partial charge in [0.05, 0.1) is 5.51 Å². The minimum Gasteiger partial charge on any atom is -0.327 e. The minimum atomic E-state index is 0.174. The lowest BCUT2D eigenvalue weighted by molar-refractivity contribution is 0.756. The van der Waals surface area contributed by atoms with Crippen molar-refractivity contribution in [2.24, 2.45) is 5.73 Å². The van der Waals surface area contributed by atoms with Gasteiger partial charge in [-0.05, 0) is 34.5 Å². The molecule has 0 saturated carbocycles. The number of benzene rings is 1. The van der Waals surface area contributed by atoms with Gasteiger partial charge in [0.2, 0.25) is 0 Å². The zero-order valence-electron chi connectivity index (χ0n) is 9.17. The van der Waals surface area contributed by atoms with Crippen LogP contribution in [0.3, 0.4) is 0 Å². The number of thioether (sulfide) groups is 1. The van der Waals surface area contributed by atoms with E-state index in [4.69, 9.17) is 5.73 Å². The highest BCUT2D eigenvalue weighted by Gasteiger charge is 2.07. The highest BCUT2D eigenvalue weighted by molar-refractivity contribution is 9.10. The van der Waals surface area contributed by atoms with E-state index in [1.165, 1.54) is 9.77 Å². The Kier molecular flexibility index (Phi) is 5.03. The maximum Gasteiger partial charge on any atom is 0.0794 e. The molecule has 1 unspecified atom stereocenters. The number of nitrogens with zero attached hydrogens (tertiary/aromatic N) is 1. The van der Waals surface area contributed by atoms with Gasteiger partial charge in [0, 0.05) is 32.2 Å². The van der Waals surface area contributed by atoms with Gasteiger partial charge in [-0.2, -0.15) is 0 Å². The first-order chi connectivity index (χ1) is 8.25. The van der Waals surface area contributed by atoms with Crippen LogP contribution in [0.15, 0.2) is 45.3 Å². The Morgan fingerprint density at radius 2 is 2.24 bits per heavy atom. The lowest BCUT2D eigenvalue weighted by atomic mass is 10.2. The van der Waals surface area contributed by atoms with Crippen molar-refractivity contribution < 1.29 is 0 Å². The molecule has 2 N–H and O–H groups in total. The fraction of sp³-hybridized carbons (Fsp3) is 0.250. The minimum absolute atomic E-state index is 0.174. The molecule has 0 spiro atoms. The molecule has 1 heterocycles. The van der Waals surface area contributed by atoms with E-state index < -0.39 is 0 Å². The van der Waals surface area contributed by atoms with Crippen molar-refractivity contribution in [2.75, 3.05) is 5.75 Å². The van der Waals surface area contributed by atoms with Crippen molar-refractivity contribution in [3.63, 3.8) is 0 Å². The molecule has 1 atom stereocenters. The molecule has 2 nitrogen and oxygen atoms in total. The van der Waals surface area contributed by atoms with Crippen molar-refractivity contribution >= 4 is 39.0 Å². The van der Waals surface area contributed by atoms with Gasteiger partial charge < -0.3 is 5.73 Å². The summed E-state index contributed by atoms with van der Waals surface area (Å²) in [6, 6.07) is 8.39. The fourth-order valence-electron chi connectivity index (χ4n) is 1.42. The van der Waals surface area contributed by atoms with Crippen LogP contribution in [0.5, 0.6) is 0 Å². The van der Waals surface area contributed by atoms with Gasteiger partial charge in [-0.15, -0.1) is 23.1 Å². The molecule has 1 aromatic carbocycles. The third kappa shape index (κ3) is 4.10. The van der Waals surface area contributed by atoms with Crippen molar-refractivity contribution in [3.05, 3.63) is 45.3 Å². The van der Waals surface area contributed by atoms with Gasteiger partial charge in [0.25, 0.3) is 0 Å². The third-order valence-corrected chi connectivity index (χ3v) is 5.25. The summed E-state index contributed by atoms with van der Waals surface area (Å²) < 4.78 is 1.13. The number of hydrogen-bond acceptors (Lipinski definition) is 4. The second-order valence-electron chi connectivity index (χ2n) is 3.67. The monoisotopic (exact) mass is 328 g/mol. The van der Waals surface area contributed by atoms with Gasteiger partial charge >= 0.3 is 0 Å². The number of thiazole rings is 1. The lowest BCUT2D eigenvalue weighted by Crippen LogP contribution is -2.25. The summed E-state index contributed by atoms with van der Waals surface area (Å²) in [5.41, 5.74) is 7.96. The first-order valence-corrected chi connectivity index (χ1v) is 7.92. The van der Waals surface area contributed by atoms with Crippen LogP contribution in [0.4, 0.5) is 0 Å². The predicted octanol–water partition coefficient (Wildman–Crippen LogP) is 3.57. The Labute approximate surface area is 118 Å². The first kappa shape index (κ1) is 13.1. The molecular weight excluding hydrogens is 316 g/mol. The Hall–Kier alpha value is -0.360. The summed E-state index contributed by atoms with van der Waals surface area (Å²) in [7, 11) is 0. The van der Waals surface area contributed by atoms with Crippen molar-refractivity contribution in [2.45, 2.75) is 17.4 Å². The number of halogens is 1. The molecule has 90 valence electrons. The van der Waals surface area contributed by atoms with E-state index in [0.717, 1.165) is 16.6 Å². The molecule has 0 aliphatic rings. The van der Waals surface area contributed by atoms with Crippen molar-refractivity contribution in [1.82, 2.24) is 4.98 Å². The molecule has 0 fully saturated rings. The molecule has 2 rings (SSSR count). The number of nitrogens with two attached hydrogens (primary N) is 1. The van der Waals surface area contributed by atoms with Crippen LogP contribution in [0.2, 0.25) is 0 Å². The second-order valence-corrected chi connectivity index (χ2v) is 6.56. The average Bonchev–Trinajstić information content (AvgIpc) is 2.81.